The maximum Gasteiger partial charge on any atom is 0.334 e. The fraction of sp³-hybridized carbons (Fsp3) is 0.579. The van der Waals surface area contributed by atoms with E-state index < -0.39 is 18.1 Å². The Morgan fingerprint density at radius 3 is 2.65 bits per heavy atom. The zero-order valence-corrected chi connectivity index (χ0v) is 13.8. The third-order valence-corrected chi connectivity index (χ3v) is 6.71. The lowest BCUT2D eigenvalue weighted by Crippen LogP contribution is -2.46. The van der Waals surface area contributed by atoms with E-state index in [1.165, 1.54) is 0 Å². The Morgan fingerprint density at radius 2 is 1.96 bits per heavy atom. The van der Waals surface area contributed by atoms with Crippen LogP contribution in [-0.4, -0.2) is 28.9 Å². The van der Waals surface area contributed by atoms with Crippen LogP contribution in [0.2, 0.25) is 0 Å². The highest BCUT2D eigenvalue weighted by Gasteiger charge is 2.67. The largest absolute Gasteiger partial charge is 0.454 e. The van der Waals surface area contributed by atoms with Gasteiger partial charge >= 0.3 is 5.97 Å². The summed E-state index contributed by atoms with van der Waals surface area (Å²) in [4.78, 5) is 17.2. The van der Waals surface area contributed by atoms with Gasteiger partial charge in [0, 0.05) is 11.3 Å². The van der Waals surface area contributed by atoms with Gasteiger partial charge in [-0.05, 0) is 23.8 Å². The Hall–Kier alpha value is -1.68. The zero-order chi connectivity index (χ0) is 16.4. The van der Waals surface area contributed by atoms with E-state index in [9.17, 15) is 9.90 Å². The van der Waals surface area contributed by atoms with Crippen molar-refractivity contribution in [2.24, 2.45) is 21.7 Å². The first-order valence-corrected chi connectivity index (χ1v) is 8.38. The molecule has 122 valence electrons. The number of hydrogen-bond acceptors (Lipinski definition) is 4. The first-order valence-electron chi connectivity index (χ1n) is 8.38. The van der Waals surface area contributed by atoms with Gasteiger partial charge < -0.3 is 9.84 Å². The molecule has 0 amide bonds. The van der Waals surface area contributed by atoms with Crippen molar-refractivity contribution in [3.8, 4) is 0 Å². The molecule has 23 heavy (non-hydrogen) atoms. The molecule has 4 heteroatoms. The van der Waals surface area contributed by atoms with Crippen molar-refractivity contribution >= 4 is 11.7 Å². The molecule has 4 rings (SSSR count). The highest BCUT2D eigenvalue weighted by molar-refractivity contribution is 6.03. The van der Waals surface area contributed by atoms with E-state index in [1.807, 2.05) is 30.3 Å². The number of esters is 1. The monoisotopic (exact) mass is 313 g/mol. The summed E-state index contributed by atoms with van der Waals surface area (Å²) in [7, 11) is 0. The standard InChI is InChI=1S/C19H23NO3/c1-18(2)12-9-10-19(18,3)16-15(12)23-17(22)13(20-16)14(21)11-7-5-4-6-8-11/h4-8,12-15,21H,9-10H2,1-3H3/t12-,13+,14-,15?,19+/m1/s1. The minimum Gasteiger partial charge on any atom is -0.454 e. The zero-order valence-electron chi connectivity index (χ0n) is 13.8. The van der Waals surface area contributed by atoms with Crippen molar-refractivity contribution in [3.05, 3.63) is 35.9 Å². The molecule has 2 aliphatic carbocycles. The minimum absolute atomic E-state index is 0.0440. The first kappa shape index (κ1) is 14.9. The van der Waals surface area contributed by atoms with Gasteiger partial charge in [0.2, 0.25) is 0 Å². The Balaban J connectivity index is 1.74. The van der Waals surface area contributed by atoms with Crippen LogP contribution in [0.5, 0.6) is 0 Å². The second-order valence-electron chi connectivity index (χ2n) is 7.87. The summed E-state index contributed by atoms with van der Waals surface area (Å²) < 4.78 is 5.77. The van der Waals surface area contributed by atoms with E-state index >= 15 is 0 Å². The van der Waals surface area contributed by atoms with E-state index in [0.717, 1.165) is 18.6 Å². The molecule has 0 saturated heterocycles. The van der Waals surface area contributed by atoms with Gasteiger partial charge in [0.25, 0.3) is 0 Å². The second kappa shape index (κ2) is 4.67. The Kier molecular flexibility index (Phi) is 3.02. The average molecular weight is 313 g/mol. The van der Waals surface area contributed by atoms with Crippen molar-refractivity contribution in [2.45, 2.75) is 51.9 Å². The van der Waals surface area contributed by atoms with Crippen molar-refractivity contribution in [1.29, 1.82) is 0 Å². The summed E-state index contributed by atoms with van der Waals surface area (Å²) in [5, 5.41) is 10.6. The van der Waals surface area contributed by atoms with Gasteiger partial charge in [-0.2, -0.15) is 0 Å². The van der Waals surface area contributed by atoms with Crippen molar-refractivity contribution < 1.29 is 14.6 Å². The molecule has 2 fully saturated rings. The second-order valence-corrected chi connectivity index (χ2v) is 7.87. The smallest absolute Gasteiger partial charge is 0.334 e. The summed E-state index contributed by atoms with van der Waals surface area (Å²) in [5.74, 6) is -0.0629. The molecular weight excluding hydrogens is 290 g/mol. The van der Waals surface area contributed by atoms with Crippen LogP contribution >= 0.6 is 0 Å². The van der Waals surface area contributed by atoms with Gasteiger partial charge in [-0.15, -0.1) is 0 Å². The summed E-state index contributed by atoms with van der Waals surface area (Å²) in [6.07, 6.45) is 0.997. The summed E-state index contributed by atoms with van der Waals surface area (Å²) in [6.45, 7) is 6.74. The van der Waals surface area contributed by atoms with Gasteiger partial charge in [-0.3, -0.25) is 4.99 Å². The maximum absolute atomic E-state index is 12.5. The topological polar surface area (TPSA) is 58.9 Å². The van der Waals surface area contributed by atoms with Crippen LogP contribution in [0.25, 0.3) is 0 Å². The third kappa shape index (κ3) is 1.81. The van der Waals surface area contributed by atoms with Gasteiger partial charge in [0.1, 0.15) is 12.2 Å². The molecule has 5 atom stereocenters. The van der Waals surface area contributed by atoms with Crippen molar-refractivity contribution in [2.75, 3.05) is 0 Å². The molecule has 2 bridgehead atoms. The molecule has 0 aromatic heterocycles. The number of carbonyl (C=O) groups excluding carboxylic acids is 1. The van der Waals surface area contributed by atoms with Crippen LogP contribution in [0.4, 0.5) is 0 Å². The number of aliphatic imine (C=N–C) groups is 1. The van der Waals surface area contributed by atoms with Gasteiger partial charge in [-0.25, -0.2) is 4.79 Å². The lowest BCUT2D eigenvalue weighted by molar-refractivity contribution is -0.154. The molecule has 0 spiro atoms. The molecule has 3 aliphatic rings. The number of aliphatic hydroxyl groups excluding tert-OH is 1. The lowest BCUT2D eigenvalue weighted by atomic mass is 9.70. The van der Waals surface area contributed by atoms with Crippen LogP contribution < -0.4 is 0 Å². The molecule has 2 saturated carbocycles. The minimum atomic E-state index is -0.956. The average Bonchev–Trinajstić information content (AvgIpc) is 2.86. The molecule has 4 nitrogen and oxygen atoms in total. The number of fused-ring (bicyclic) bond motifs is 5. The van der Waals surface area contributed by atoms with E-state index in [0.29, 0.717) is 11.5 Å². The molecular formula is C19H23NO3. The van der Waals surface area contributed by atoms with Crippen LogP contribution in [0, 0.1) is 16.7 Å². The van der Waals surface area contributed by atoms with Crippen molar-refractivity contribution in [3.63, 3.8) is 0 Å². The molecule has 1 N–H and O–H groups in total. The normalized spacial score (nSPS) is 38.7. The van der Waals surface area contributed by atoms with Crippen LogP contribution in [0.15, 0.2) is 35.3 Å². The maximum atomic E-state index is 12.5. The Morgan fingerprint density at radius 1 is 1.26 bits per heavy atom. The van der Waals surface area contributed by atoms with Gasteiger partial charge in [0.05, 0.1) is 5.71 Å². The number of aliphatic hydroxyl groups is 1. The van der Waals surface area contributed by atoms with E-state index in [4.69, 9.17) is 9.73 Å². The first-order chi connectivity index (χ1) is 10.9. The van der Waals surface area contributed by atoms with Gasteiger partial charge in [0.15, 0.2) is 6.04 Å². The fourth-order valence-corrected chi connectivity index (χ4v) is 4.81. The highest BCUT2D eigenvalue weighted by atomic mass is 16.5. The number of benzene rings is 1. The number of carbonyl (C=O) groups is 1. The number of hydrogen-bond donors (Lipinski definition) is 1. The molecule has 1 aromatic carbocycles. The summed E-state index contributed by atoms with van der Waals surface area (Å²) >= 11 is 0. The van der Waals surface area contributed by atoms with E-state index in [-0.39, 0.29) is 16.9 Å². The van der Waals surface area contributed by atoms with Crippen LogP contribution in [0.1, 0.15) is 45.3 Å². The van der Waals surface area contributed by atoms with E-state index in [2.05, 4.69) is 20.8 Å². The molecule has 1 aliphatic heterocycles. The Labute approximate surface area is 136 Å². The molecule has 1 heterocycles. The molecule has 1 unspecified atom stereocenters. The SMILES string of the molecule is CC1(C)[C@@H]2CC[C@@]1(C)C1=N[C@@H]([C@H](O)c3ccccc3)C(=O)OC12. The quantitative estimate of drug-likeness (QED) is 0.854. The molecule has 1 aromatic rings. The highest BCUT2D eigenvalue weighted by Crippen LogP contribution is 2.65. The Bertz CT molecular complexity index is 681. The number of rotatable bonds is 2. The number of ether oxygens (including phenoxy) is 1. The molecule has 0 radical (unpaired) electrons. The van der Waals surface area contributed by atoms with Crippen LogP contribution in [-0.2, 0) is 9.53 Å². The van der Waals surface area contributed by atoms with Crippen molar-refractivity contribution in [1.82, 2.24) is 0 Å². The van der Waals surface area contributed by atoms with Gasteiger partial charge in [-0.1, -0.05) is 51.1 Å². The number of nitrogens with zero attached hydrogens (tertiary/aromatic N) is 1. The predicted octanol–water partition coefficient (Wildman–Crippen LogP) is 2.91. The fourth-order valence-electron chi connectivity index (χ4n) is 4.81. The third-order valence-electron chi connectivity index (χ3n) is 6.71. The summed E-state index contributed by atoms with van der Waals surface area (Å²) in [5.41, 5.74) is 1.71. The lowest BCUT2D eigenvalue weighted by Gasteiger charge is -2.36. The van der Waals surface area contributed by atoms with E-state index in [1.54, 1.807) is 0 Å². The predicted molar refractivity (Wildman–Crippen MR) is 87.1 cm³/mol. The van der Waals surface area contributed by atoms with Crippen LogP contribution in [0.3, 0.4) is 0 Å². The summed E-state index contributed by atoms with van der Waals surface area (Å²) in [6, 6.07) is 8.37.